The molecular weight excluding hydrogens is 494 g/mol. The minimum atomic E-state index is -0.529. The predicted octanol–water partition coefficient (Wildman–Crippen LogP) is 8.52. The number of ether oxygens (including phenoxy) is 2. The highest BCUT2D eigenvalue weighted by Gasteiger charge is 2.18. The van der Waals surface area contributed by atoms with Gasteiger partial charge >= 0.3 is 5.97 Å². The first-order chi connectivity index (χ1) is 19.0. The van der Waals surface area contributed by atoms with E-state index in [4.69, 9.17) is 9.47 Å². The Hall–Kier alpha value is -3.06. The molecule has 2 aromatic carbocycles. The number of hydrogen-bond donors (Lipinski definition) is 0. The zero-order chi connectivity index (χ0) is 28.1. The second kappa shape index (κ2) is 19.9. The second-order valence-electron chi connectivity index (χ2n) is 10.2. The number of benzene rings is 2. The topological polar surface area (TPSA) is 95.7 Å². The van der Waals surface area contributed by atoms with Gasteiger partial charge in [-0.3, -0.25) is 19.7 Å². The fourth-order valence-electron chi connectivity index (χ4n) is 4.47. The van der Waals surface area contributed by atoms with Crippen molar-refractivity contribution in [2.75, 3.05) is 6.61 Å². The van der Waals surface area contributed by atoms with Crippen LogP contribution in [0.3, 0.4) is 0 Å². The highest BCUT2D eigenvalue weighted by Crippen LogP contribution is 2.22. The molecule has 0 atom stereocenters. The number of Topliss-reactive ketones (excluding diaryl/α,β-unsaturated/α-hetero) is 1. The summed E-state index contributed by atoms with van der Waals surface area (Å²) in [5.74, 6) is -0.875. The van der Waals surface area contributed by atoms with Crippen LogP contribution in [0.15, 0.2) is 48.5 Å². The molecule has 0 saturated carbocycles. The Morgan fingerprint density at radius 2 is 1.36 bits per heavy atom. The maximum Gasteiger partial charge on any atom is 0.306 e. The summed E-state index contributed by atoms with van der Waals surface area (Å²) in [6.07, 6.45) is 16.2. The fourth-order valence-corrected chi connectivity index (χ4v) is 4.47. The van der Waals surface area contributed by atoms with Crippen LogP contribution in [-0.2, 0) is 27.5 Å². The SMILES string of the molecule is CCCCCCCCCCCCCCCC(=O)OCC(=O)c1ccc(COCc2ccccc2)c([N+](=O)[O-])c1. The molecule has 2 aromatic rings. The highest BCUT2D eigenvalue weighted by atomic mass is 16.6. The number of nitro groups is 1. The van der Waals surface area contributed by atoms with Crippen molar-refractivity contribution in [2.45, 2.75) is 110 Å². The summed E-state index contributed by atoms with van der Waals surface area (Å²) in [4.78, 5) is 35.6. The largest absolute Gasteiger partial charge is 0.457 e. The molecule has 39 heavy (non-hydrogen) atoms. The minimum Gasteiger partial charge on any atom is -0.457 e. The lowest BCUT2D eigenvalue weighted by Gasteiger charge is -2.08. The molecule has 0 amide bonds. The zero-order valence-electron chi connectivity index (χ0n) is 23.5. The molecule has 7 nitrogen and oxygen atoms in total. The monoisotopic (exact) mass is 539 g/mol. The quantitative estimate of drug-likeness (QED) is 0.0489. The predicted molar refractivity (Wildman–Crippen MR) is 154 cm³/mol. The van der Waals surface area contributed by atoms with Gasteiger partial charge in [-0.15, -0.1) is 0 Å². The van der Waals surface area contributed by atoms with Gasteiger partial charge in [-0.25, -0.2) is 0 Å². The van der Waals surface area contributed by atoms with Crippen LogP contribution in [0.25, 0.3) is 0 Å². The molecule has 2 rings (SSSR count). The van der Waals surface area contributed by atoms with E-state index in [0.717, 1.165) is 24.8 Å². The average molecular weight is 540 g/mol. The molecule has 0 spiro atoms. The molecule has 214 valence electrons. The molecule has 7 heteroatoms. The van der Waals surface area contributed by atoms with Crippen molar-refractivity contribution in [2.24, 2.45) is 0 Å². The Labute approximate surface area is 233 Å². The molecule has 0 aromatic heterocycles. The van der Waals surface area contributed by atoms with Crippen molar-refractivity contribution in [3.8, 4) is 0 Å². The van der Waals surface area contributed by atoms with E-state index in [9.17, 15) is 19.7 Å². The van der Waals surface area contributed by atoms with Crippen LogP contribution in [0.1, 0.15) is 118 Å². The van der Waals surface area contributed by atoms with Gasteiger partial charge in [-0.05, 0) is 18.1 Å². The van der Waals surface area contributed by atoms with E-state index in [1.54, 1.807) is 0 Å². The van der Waals surface area contributed by atoms with Gasteiger partial charge in [0.2, 0.25) is 5.78 Å². The molecule has 0 heterocycles. The molecule has 0 unspecified atom stereocenters. The lowest BCUT2D eigenvalue weighted by molar-refractivity contribution is -0.386. The zero-order valence-corrected chi connectivity index (χ0v) is 23.5. The molecule has 0 bridgehead atoms. The Morgan fingerprint density at radius 1 is 0.769 bits per heavy atom. The number of nitrogens with zero attached hydrogens (tertiary/aromatic N) is 1. The summed E-state index contributed by atoms with van der Waals surface area (Å²) in [5, 5.41) is 11.6. The van der Waals surface area contributed by atoms with Crippen LogP contribution < -0.4 is 0 Å². The molecule has 0 aliphatic rings. The van der Waals surface area contributed by atoms with Crippen molar-refractivity contribution < 1.29 is 24.0 Å². The third-order valence-corrected chi connectivity index (χ3v) is 6.82. The summed E-state index contributed by atoms with van der Waals surface area (Å²) in [5.41, 5.74) is 1.30. The van der Waals surface area contributed by atoms with Crippen molar-refractivity contribution in [1.29, 1.82) is 0 Å². The molecule has 0 aliphatic carbocycles. The molecule has 0 N–H and O–H groups in total. The van der Waals surface area contributed by atoms with Crippen LogP contribution in [0.2, 0.25) is 0 Å². The number of carbonyl (C=O) groups is 2. The van der Waals surface area contributed by atoms with E-state index >= 15 is 0 Å². The Balaban J connectivity index is 1.60. The van der Waals surface area contributed by atoms with Gasteiger partial charge in [0.1, 0.15) is 0 Å². The van der Waals surface area contributed by atoms with Gasteiger partial charge < -0.3 is 9.47 Å². The average Bonchev–Trinajstić information content (AvgIpc) is 2.94. The highest BCUT2D eigenvalue weighted by molar-refractivity contribution is 5.98. The Bertz CT molecular complexity index is 991. The van der Waals surface area contributed by atoms with Crippen LogP contribution in [0, 0.1) is 10.1 Å². The third-order valence-electron chi connectivity index (χ3n) is 6.82. The number of esters is 1. The van der Waals surface area contributed by atoms with Crippen LogP contribution >= 0.6 is 0 Å². The van der Waals surface area contributed by atoms with Crippen LogP contribution in [0.4, 0.5) is 5.69 Å². The summed E-state index contributed by atoms with van der Waals surface area (Å²) in [6.45, 7) is 2.20. The third kappa shape index (κ3) is 14.1. The first kappa shape index (κ1) is 32.2. The maximum atomic E-state index is 12.5. The van der Waals surface area contributed by atoms with Crippen molar-refractivity contribution >= 4 is 17.4 Å². The number of unbranched alkanes of at least 4 members (excludes halogenated alkanes) is 12. The van der Waals surface area contributed by atoms with E-state index in [2.05, 4.69) is 6.92 Å². The van der Waals surface area contributed by atoms with Gasteiger partial charge in [0.15, 0.2) is 6.61 Å². The second-order valence-corrected chi connectivity index (χ2v) is 10.2. The van der Waals surface area contributed by atoms with Gasteiger partial charge in [0.25, 0.3) is 5.69 Å². The molecular formula is C32H45NO6. The molecule has 0 saturated heterocycles. The van der Waals surface area contributed by atoms with Crippen molar-refractivity contribution in [1.82, 2.24) is 0 Å². The number of rotatable bonds is 22. The molecule has 0 fully saturated rings. The first-order valence-electron chi connectivity index (χ1n) is 14.6. The van der Waals surface area contributed by atoms with Gasteiger partial charge in [-0.2, -0.15) is 0 Å². The Morgan fingerprint density at radius 3 is 1.95 bits per heavy atom. The van der Waals surface area contributed by atoms with E-state index < -0.39 is 23.3 Å². The van der Waals surface area contributed by atoms with E-state index in [1.165, 1.54) is 82.4 Å². The number of ketones is 1. The van der Waals surface area contributed by atoms with Gasteiger partial charge in [0, 0.05) is 18.1 Å². The minimum absolute atomic E-state index is 0.0494. The molecule has 0 radical (unpaired) electrons. The number of nitro benzene ring substituents is 1. The van der Waals surface area contributed by atoms with Gasteiger partial charge in [-0.1, -0.05) is 120 Å². The number of carbonyl (C=O) groups excluding carboxylic acids is 2. The smallest absolute Gasteiger partial charge is 0.306 e. The van der Waals surface area contributed by atoms with E-state index in [0.29, 0.717) is 12.2 Å². The molecule has 0 aliphatic heterocycles. The van der Waals surface area contributed by atoms with Crippen molar-refractivity contribution in [3.05, 3.63) is 75.3 Å². The van der Waals surface area contributed by atoms with Crippen LogP contribution in [-0.4, -0.2) is 23.3 Å². The number of hydrogen-bond acceptors (Lipinski definition) is 6. The van der Waals surface area contributed by atoms with Crippen molar-refractivity contribution in [3.63, 3.8) is 0 Å². The standard InChI is InChI=1S/C32H45NO6/c1-2-3-4-5-6-7-8-9-10-11-12-13-17-20-32(35)39-26-31(34)28-21-22-29(30(23-28)33(36)37)25-38-24-27-18-15-14-16-19-27/h14-16,18-19,21-23H,2-13,17,20,24-26H2,1H3. The van der Waals surface area contributed by atoms with E-state index in [-0.39, 0.29) is 24.3 Å². The maximum absolute atomic E-state index is 12.5. The van der Waals surface area contributed by atoms with E-state index in [1.807, 2.05) is 30.3 Å². The summed E-state index contributed by atoms with van der Waals surface area (Å²) in [7, 11) is 0. The summed E-state index contributed by atoms with van der Waals surface area (Å²) >= 11 is 0. The summed E-state index contributed by atoms with van der Waals surface area (Å²) in [6, 6.07) is 13.8. The first-order valence-corrected chi connectivity index (χ1v) is 14.6. The van der Waals surface area contributed by atoms with Gasteiger partial charge in [0.05, 0.1) is 23.7 Å². The summed E-state index contributed by atoms with van der Waals surface area (Å²) < 4.78 is 10.7. The van der Waals surface area contributed by atoms with Crippen LogP contribution in [0.5, 0.6) is 0 Å². The lowest BCUT2D eigenvalue weighted by Crippen LogP contribution is -2.14. The Kier molecular flexibility index (Phi) is 16.4. The fraction of sp³-hybridized carbons (Fsp3) is 0.562. The normalized spacial score (nSPS) is 10.9. The lowest BCUT2D eigenvalue weighted by atomic mass is 10.0.